The number of benzene rings is 1. The highest BCUT2D eigenvalue weighted by Crippen LogP contribution is 2.40. The molecule has 2 rings (SSSR count). The number of aryl methyl sites for hydroxylation is 1. The molecule has 0 atom stereocenters. The van der Waals surface area contributed by atoms with Crippen molar-refractivity contribution in [3.63, 3.8) is 0 Å². The summed E-state index contributed by atoms with van der Waals surface area (Å²) >= 11 is 0. The van der Waals surface area contributed by atoms with Gasteiger partial charge in [-0.25, -0.2) is 0 Å². The third-order valence-electron chi connectivity index (χ3n) is 2.32. The first-order valence-corrected chi connectivity index (χ1v) is 4.40. The van der Waals surface area contributed by atoms with Crippen molar-refractivity contribution in [1.82, 2.24) is 0 Å². The molecule has 0 saturated heterocycles. The maximum atomic E-state index is 3.24. The van der Waals surface area contributed by atoms with E-state index < -0.39 is 0 Å². The Morgan fingerprint density at radius 3 is 3.00 bits per heavy atom. The smallest absolute Gasteiger partial charge is 0.0149 e. The van der Waals surface area contributed by atoms with Gasteiger partial charge in [0, 0.05) is 0 Å². The highest BCUT2D eigenvalue weighted by molar-refractivity contribution is 5.28. The predicted molar refractivity (Wildman–Crippen MR) is 46.6 cm³/mol. The Morgan fingerprint density at radius 1 is 1.55 bits per heavy atom. The summed E-state index contributed by atoms with van der Waals surface area (Å²) in [5.74, 6) is 0.884. The molecular weight excluding hydrogens is 132 g/mol. The molecule has 1 radical (unpaired) electrons. The Kier molecular flexibility index (Phi) is 1.69. The molecular formula is C11H13. The van der Waals surface area contributed by atoms with Crippen LogP contribution in [0.4, 0.5) is 0 Å². The minimum absolute atomic E-state index is 0.884. The third-order valence-corrected chi connectivity index (χ3v) is 2.32. The second-order valence-electron chi connectivity index (χ2n) is 3.28. The SMILES string of the molecule is CCc1[c]ccc(C2CC2)c1. The molecule has 0 aromatic heterocycles. The first-order valence-electron chi connectivity index (χ1n) is 4.40. The summed E-state index contributed by atoms with van der Waals surface area (Å²) in [7, 11) is 0. The van der Waals surface area contributed by atoms with Crippen LogP contribution >= 0.6 is 0 Å². The van der Waals surface area contributed by atoms with Crippen molar-refractivity contribution in [3.05, 3.63) is 35.4 Å². The molecule has 1 aliphatic rings. The van der Waals surface area contributed by atoms with Gasteiger partial charge in [-0.1, -0.05) is 25.1 Å². The van der Waals surface area contributed by atoms with Crippen molar-refractivity contribution in [3.8, 4) is 0 Å². The van der Waals surface area contributed by atoms with Crippen LogP contribution in [-0.2, 0) is 6.42 Å². The second-order valence-corrected chi connectivity index (χ2v) is 3.28. The van der Waals surface area contributed by atoms with Crippen LogP contribution in [0.25, 0.3) is 0 Å². The molecule has 0 bridgehead atoms. The zero-order valence-electron chi connectivity index (χ0n) is 6.93. The van der Waals surface area contributed by atoms with Gasteiger partial charge in [0.2, 0.25) is 0 Å². The fourth-order valence-corrected chi connectivity index (χ4v) is 1.41. The fourth-order valence-electron chi connectivity index (χ4n) is 1.41. The van der Waals surface area contributed by atoms with Gasteiger partial charge in [0.15, 0.2) is 0 Å². The van der Waals surface area contributed by atoms with Gasteiger partial charge in [0.25, 0.3) is 0 Å². The van der Waals surface area contributed by atoms with Crippen LogP contribution in [0.2, 0.25) is 0 Å². The van der Waals surface area contributed by atoms with Gasteiger partial charge in [0.05, 0.1) is 0 Å². The zero-order valence-corrected chi connectivity index (χ0v) is 6.93. The molecule has 0 amide bonds. The Labute approximate surface area is 68.3 Å². The average molecular weight is 145 g/mol. The van der Waals surface area contributed by atoms with Crippen molar-refractivity contribution < 1.29 is 0 Å². The lowest BCUT2D eigenvalue weighted by molar-refractivity contribution is 1.08. The minimum Gasteiger partial charge on any atom is -0.0613 e. The van der Waals surface area contributed by atoms with Crippen molar-refractivity contribution in [2.45, 2.75) is 32.1 Å². The molecule has 1 aromatic carbocycles. The lowest BCUT2D eigenvalue weighted by Crippen LogP contribution is -1.83. The molecule has 0 N–H and O–H groups in total. The molecule has 1 aliphatic carbocycles. The van der Waals surface area contributed by atoms with Gasteiger partial charge in [-0.05, 0) is 42.4 Å². The number of hydrogen-bond acceptors (Lipinski definition) is 0. The van der Waals surface area contributed by atoms with Crippen LogP contribution in [0, 0.1) is 6.07 Å². The predicted octanol–water partition coefficient (Wildman–Crippen LogP) is 2.93. The van der Waals surface area contributed by atoms with Gasteiger partial charge in [-0.3, -0.25) is 0 Å². The molecule has 1 fully saturated rings. The lowest BCUT2D eigenvalue weighted by Gasteiger charge is -1.99. The van der Waals surface area contributed by atoms with Gasteiger partial charge in [-0.2, -0.15) is 0 Å². The van der Waals surface area contributed by atoms with Gasteiger partial charge >= 0.3 is 0 Å². The third kappa shape index (κ3) is 1.45. The summed E-state index contributed by atoms with van der Waals surface area (Å²) in [5, 5.41) is 0. The van der Waals surface area contributed by atoms with Gasteiger partial charge in [-0.15, -0.1) is 0 Å². The molecule has 1 aromatic rings. The summed E-state index contributed by atoms with van der Waals surface area (Å²) < 4.78 is 0. The van der Waals surface area contributed by atoms with Crippen molar-refractivity contribution >= 4 is 0 Å². The van der Waals surface area contributed by atoms with E-state index in [2.05, 4.69) is 31.2 Å². The molecule has 1 saturated carbocycles. The van der Waals surface area contributed by atoms with E-state index in [0.29, 0.717) is 0 Å². The zero-order chi connectivity index (χ0) is 7.68. The van der Waals surface area contributed by atoms with E-state index in [4.69, 9.17) is 0 Å². The number of rotatable bonds is 2. The van der Waals surface area contributed by atoms with Crippen LogP contribution in [0.5, 0.6) is 0 Å². The van der Waals surface area contributed by atoms with Crippen molar-refractivity contribution in [2.75, 3.05) is 0 Å². The molecule has 57 valence electrons. The van der Waals surface area contributed by atoms with E-state index in [1.54, 1.807) is 0 Å². The maximum absolute atomic E-state index is 3.24. The van der Waals surface area contributed by atoms with E-state index >= 15 is 0 Å². The van der Waals surface area contributed by atoms with Crippen molar-refractivity contribution in [2.24, 2.45) is 0 Å². The normalized spacial score (nSPS) is 16.8. The standard InChI is InChI=1S/C11H13/c1-2-9-4-3-5-11(8-9)10-6-7-10/h3,5,8,10H,2,6-7H2,1H3. The Balaban J connectivity index is 2.26. The number of hydrogen-bond donors (Lipinski definition) is 0. The van der Waals surface area contributed by atoms with E-state index in [1.807, 2.05) is 0 Å². The quantitative estimate of drug-likeness (QED) is 0.600. The minimum atomic E-state index is 0.884. The molecule has 0 aliphatic heterocycles. The Bertz CT molecular complexity index is 246. The Morgan fingerprint density at radius 2 is 2.36 bits per heavy atom. The van der Waals surface area contributed by atoms with E-state index in [-0.39, 0.29) is 0 Å². The summed E-state index contributed by atoms with van der Waals surface area (Å²) in [5.41, 5.74) is 2.88. The van der Waals surface area contributed by atoms with Crippen LogP contribution in [-0.4, -0.2) is 0 Å². The van der Waals surface area contributed by atoms with Crippen LogP contribution < -0.4 is 0 Å². The average Bonchev–Trinajstić information content (AvgIpc) is 2.87. The monoisotopic (exact) mass is 145 g/mol. The molecule has 0 spiro atoms. The lowest BCUT2D eigenvalue weighted by atomic mass is 10.1. The highest BCUT2D eigenvalue weighted by atomic mass is 14.3. The highest BCUT2D eigenvalue weighted by Gasteiger charge is 2.22. The Hall–Kier alpha value is -0.780. The second kappa shape index (κ2) is 2.69. The van der Waals surface area contributed by atoms with E-state index in [0.717, 1.165) is 12.3 Å². The molecule has 0 unspecified atom stereocenters. The summed E-state index contributed by atoms with van der Waals surface area (Å²) in [6.45, 7) is 2.18. The van der Waals surface area contributed by atoms with Crippen LogP contribution in [0.3, 0.4) is 0 Å². The van der Waals surface area contributed by atoms with Gasteiger partial charge < -0.3 is 0 Å². The molecule has 11 heavy (non-hydrogen) atoms. The molecule has 0 heteroatoms. The fraction of sp³-hybridized carbons (Fsp3) is 0.455. The first-order chi connectivity index (χ1) is 5.40. The summed E-state index contributed by atoms with van der Waals surface area (Å²) in [6.07, 6.45) is 3.90. The topological polar surface area (TPSA) is 0 Å². The van der Waals surface area contributed by atoms with Crippen LogP contribution in [0.15, 0.2) is 18.2 Å². The maximum Gasteiger partial charge on any atom is -0.0149 e. The summed E-state index contributed by atoms with van der Waals surface area (Å²) in [6, 6.07) is 9.81. The van der Waals surface area contributed by atoms with Gasteiger partial charge in [0.1, 0.15) is 0 Å². The molecule has 0 heterocycles. The molecule has 0 nitrogen and oxygen atoms in total. The van der Waals surface area contributed by atoms with E-state index in [9.17, 15) is 0 Å². The van der Waals surface area contributed by atoms with Crippen molar-refractivity contribution in [1.29, 1.82) is 0 Å². The van der Waals surface area contributed by atoms with E-state index in [1.165, 1.54) is 24.0 Å². The first kappa shape index (κ1) is 6.90. The summed E-state index contributed by atoms with van der Waals surface area (Å²) in [4.78, 5) is 0. The van der Waals surface area contributed by atoms with Crippen LogP contribution in [0.1, 0.15) is 36.8 Å². The largest absolute Gasteiger partial charge is 0.0613 e.